The SMILES string of the molecule is O=C(CN1CCNCC1)NCC1COCCO1. The van der Waals surface area contributed by atoms with Gasteiger partial charge in [0.25, 0.3) is 0 Å². The van der Waals surface area contributed by atoms with Gasteiger partial charge >= 0.3 is 0 Å². The smallest absolute Gasteiger partial charge is 0.234 e. The van der Waals surface area contributed by atoms with E-state index < -0.39 is 0 Å². The van der Waals surface area contributed by atoms with Crippen LogP contribution in [0.3, 0.4) is 0 Å². The van der Waals surface area contributed by atoms with Crippen LogP contribution in [0.1, 0.15) is 0 Å². The fraction of sp³-hybridized carbons (Fsp3) is 0.909. The molecule has 2 rings (SSSR count). The van der Waals surface area contributed by atoms with Gasteiger partial charge < -0.3 is 20.1 Å². The number of nitrogens with zero attached hydrogens (tertiary/aromatic N) is 1. The van der Waals surface area contributed by atoms with Gasteiger partial charge in [-0.1, -0.05) is 0 Å². The molecule has 2 saturated heterocycles. The minimum Gasteiger partial charge on any atom is -0.376 e. The number of hydrogen-bond acceptors (Lipinski definition) is 5. The number of carbonyl (C=O) groups is 1. The van der Waals surface area contributed by atoms with Crippen LogP contribution in [0.2, 0.25) is 0 Å². The van der Waals surface area contributed by atoms with Crippen LogP contribution in [0, 0.1) is 0 Å². The highest BCUT2D eigenvalue weighted by Crippen LogP contribution is 1.99. The molecular weight excluding hydrogens is 222 g/mol. The molecule has 98 valence electrons. The Morgan fingerprint density at radius 1 is 1.35 bits per heavy atom. The second-order valence-corrected chi connectivity index (χ2v) is 4.40. The van der Waals surface area contributed by atoms with Gasteiger partial charge in [-0.05, 0) is 0 Å². The molecule has 2 aliphatic heterocycles. The van der Waals surface area contributed by atoms with E-state index in [-0.39, 0.29) is 12.0 Å². The molecule has 2 aliphatic rings. The molecule has 0 aliphatic carbocycles. The predicted molar refractivity (Wildman–Crippen MR) is 62.9 cm³/mol. The van der Waals surface area contributed by atoms with Crippen molar-refractivity contribution >= 4 is 5.91 Å². The first kappa shape index (κ1) is 12.8. The summed E-state index contributed by atoms with van der Waals surface area (Å²) in [6, 6.07) is 0. The minimum absolute atomic E-state index is 0.00993. The van der Waals surface area contributed by atoms with Crippen LogP contribution in [-0.4, -0.2) is 76.0 Å². The van der Waals surface area contributed by atoms with Crippen molar-refractivity contribution in [2.24, 2.45) is 0 Å². The number of rotatable bonds is 4. The van der Waals surface area contributed by atoms with Crippen molar-refractivity contribution in [3.8, 4) is 0 Å². The second kappa shape index (κ2) is 6.90. The molecule has 0 bridgehead atoms. The van der Waals surface area contributed by atoms with Crippen LogP contribution in [0.15, 0.2) is 0 Å². The molecule has 0 aromatic heterocycles. The lowest BCUT2D eigenvalue weighted by Gasteiger charge is -2.27. The van der Waals surface area contributed by atoms with Crippen molar-refractivity contribution in [3.05, 3.63) is 0 Å². The number of nitrogens with one attached hydrogen (secondary N) is 2. The molecule has 17 heavy (non-hydrogen) atoms. The van der Waals surface area contributed by atoms with Crippen molar-refractivity contribution < 1.29 is 14.3 Å². The first-order chi connectivity index (χ1) is 8.34. The summed E-state index contributed by atoms with van der Waals surface area (Å²) in [6.45, 7) is 6.70. The van der Waals surface area contributed by atoms with Crippen LogP contribution < -0.4 is 10.6 Å². The van der Waals surface area contributed by atoms with Crippen LogP contribution >= 0.6 is 0 Å². The topological polar surface area (TPSA) is 62.8 Å². The Kier molecular flexibility index (Phi) is 5.18. The fourth-order valence-electron chi connectivity index (χ4n) is 2.01. The van der Waals surface area contributed by atoms with Crippen LogP contribution in [0.4, 0.5) is 0 Å². The number of hydrogen-bond donors (Lipinski definition) is 2. The number of amides is 1. The maximum atomic E-state index is 11.7. The monoisotopic (exact) mass is 243 g/mol. The Bertz CT molecular complexity index is 238. The molecule has 2 N–H and O–H groups in total. The maximum Gasteiger partial charge on any atom is 0.234 e. The molecule has 6 heteroatoms. The molecule has 2 fully saturated rings. The van der Waals surface area contributed by atoms with E-state index in [4.69, 9.17) is 9.47 Å². The highest BCUT2D eigenvalue weighted by atomic mass is 16.6. The molecule has 2 heterocycles. The van der Waals surface area contributed by atoms with E-state index >= 15 is 0 Å². The Morgan fingerprint density at radius 3 is 2.88 bits per heavy atom. The molecule has 0 aromatic rings. The van der Waals surface area contributed by atoms with Gasteiger partial charge in [0.05, 0.1) is 32.5 Å². The molecule has 0 radical (unpaired) electrons. The third kappa shape index (κ3) is 4.59. The summed E-state index contributed by atoms with van der Waals surface area (Å²) in [4.78, 5) is 13.8. The Balaban J connectivity index is 1.59. The van der Waals surface area contributed by atoms with Gasteiger partial charge in [0.1, 0.15) is 0 Å². The first-order valence-corrected chi connectivity index (χ1v) is 6.24. The quantitative estimate of drug-likeness (QED) is 0.624. The lowest BCUT2D eigenvalue weighted by Crippen LogP contribution is -2.49. The average Bonchev–Trinajstić information content (AvgIpc) is 2.39. The zero-order valence-corrected chi connectivity index (χ0v) is 10.1. The standard InChI is InChI=1S/C11H21N3O3/c15-11(8-14-3-1-12-2-4-14)13-7-10-9-16-5-6-17-10/h10,12H,1-9H2,(H,13,15). The Labute approximate surface area is 102 Å². The van der Waals surface area contributed by atoms with E-state index in [1.54, 1.807) is 0 Å². The van der Waals surface area contributed by atoms with Crippen LogP contribution in [0.5, 0.6) is 0 Å². The fourth-order valence-corrected chi connectivity index (χ4v) is 2.01. The van der Waals surface area contributed by atoms with E-state index in [1.807, 2.05) is 0 Å². The summed E-state index contributed by atoms with van der Waals surface area (Å²) < 4.78 is 10.7. The van der Waals surface area contributed by atoms with Gasteiger partial charge in [-0.3, -0.25) is 9.69 Å². The molecule has 1 atom stereocenters. The van der Waals surface area contributed by atoms with E-state index in [0.717, 1.165) is 26.2 Å². The van der Waals surface area contributed by atoms with Gasteiger partial charge in [0.15, 0.2) is 0 Å². The summed E-state index contributed by atoms with van der Waals surface area (Å²) in [7, 11) is 0. The first-order valence-electron chi connectivity index (χ1n) is 6.24. The number of ether oxygens (including phenoxy) is 2. The zero-order chi connectivity index (χ0) is 11.9. The highest BCUT2D eigenvalue weighted by molar-refractivity contribution is 5.78. The summed E-state index contributed by atoms with van der Waals surface area (Å²) in [6.07, 6.45) is 0.00993. The number of piperazine rings is 1. The molecule has 0 saturated carbocycles. The third-order valence-electron chi connectivity index (χ3n) is 2.99. The van der Waals surface area contributed by atoms with Gasteiger partial charge in [0.2, 0.25) is 5.91 Å². The highest BCUT2D eigenvalue weighted by Gasteiger charge is 2.17. The van der Waals surface area contributed by atoms with Gasteiger partial charge in [-0.15, -0.1) is 0 Å². The normalized spacial score (nSPS) is 26.7. The summed E-state index contributed by atoms with van der Waals surface area (Å²) >= 11 is 0. The number of carbonyl (C=O) groups excluding carboxylic acids is 1. The minimum atomic E-state index is 0.00993. The van der Waals surface area contributed by atoms with Crippen LogP contribution in [0.25, 0.3) is 0 Å². The average molecular weight is 243 g/mol. The third-order valence-corrected chi connectivity index (χ3v) is 2.99. The van der Waals surface area contributed by atoms with Gasteiger partial charge in [0, 0.05) is 32.7 Å². The molecular formula is C11H21N3O3. The van der Waals surface area contributed by atoms with E-state index in [1.165, 1.54) is 0 Å². The lowest BCUT2D eigenvalue weighted by molar-refractivity contribution is -0.125. The maximum absolute atomic E-state index is 11.7. The van der Waals surface area contributed by atoms with Crippen molar-refractivity contribution in [2.45, 2.75) is 6.10 Å². The molecule has 1 amide bonds. The largest absolute Gasteiger partial charge is 0.376 e. The van der Waals surface area contributed by atoms with Crippen molar-refractivity contribution in [1.29, 1.82) is 0 Å². The summed E-state index contributed by atoms with van der Waals surface area (Å²) in [5.74, 6) is 0.0704. The van der Waals surface area contributed by atoms with Gasteiger partial charge in [-0.25, -0.2) is 0 Å². The van der Waals surface area contributed by atoms with E-state index in [9.17, 15) is 4.79 Å². The van der Waals surface area contributed by atoms with Crippen molar-refractivity contribution in [1.82, 2.24) is 15.5 Å². The van der Waals surface area contributed by atoms with Crippen molar-refractivity contribution in [2.75, 3.05) is 59.1 Å². The molecule has 6 nitrogen and oxygen atoms in total. The lowest BCUT2D eigenvalue weighted by atomic mass is 10.3. The molecule has 0 spiro atoms. The summed E-state index contributed by atoms with van der Waals surface area (Å²) in [5.41, 5.74) is 0. The predicted octanol–water partition coefficient (Wildman–Crippen LogP) is -1.58. The van der Waals surface area contributed by atoms with Crippen molar-refractivity contribution in [3.63, 3.8) is 0 Å². The Hall–Kier alpha value is -0.690. The van der Waals surface area contributed by atoms with E-state index in [0.29, 0.717) is 32.9 Å². The molecule has 0 aromatic carbocycles. The molecule has 1 unspecified atom stereocenters. The zero-order valence-electron chi connectivity index (χ0n) is 10.1. The second-order valence-electron chi connectivity index (χ2n) is 4.40. The summed E-state index contributed by atoms with van der Waals surface area (Å²) in [5, 5.41) is 6.16. The van der Waals surface area contributed by atoms with Gasteiger partial charge in [-0.2, -0.15) is 0 Å². The Morgan fingerprint density at radius 2 is 2.18 bits per heavy atom. The van der Waals surface area contributed by atoms with E-state index in [2.05, 4.69) is 15.5 Å². The van der Waals surface area contributed by atoms with Crippen LogP contribution in [-0.2, 0) is 14.3 Å².